The summed E-state index contributed by atoms with van der Waals surface area (Å²) in [4.78, 5) is 1.80. The summed E-state index contributed by atoms with van der Waals surface area (Å²) in [5.74, 6) is 5.65. The van der Waals surface area contributed by atoms with Crippen LogP contribution in [0.2, 0.25) is 0 Å². The van der Waals surface area contributed by atoms with E-state index in [-0.39, 0.29) is 18.9 Å². The highest BCUT2D eigenvalue weighted by atomic mass is 32.2. The molecular weight excluding hydrogens is 284 g/mol. The molecule has 106 valence electrons. The van der Waals surface area contributed by atoms with Crippen LogP contribution in [0.25, 0.3) is 0 Å². The number of hydrogen-bond donors (Lipinski definition) is 2. The van der Waals surface area contributed by atoms with Crippen LogP contribution >= 0.6 is 11.3 Å². The Labute approximate surface area is 118 Å². The van der Waals surface area contributed by atoms with Crippen LogP contribution in [-0.2, 0) is 21.3 Å². The van der Waals surface area contributed by atoms with E-state index < -0.39 is 10.0 Å². The first-order valence-corrected chi connectivity index (χ1v) is 8.37. The molecule has 0 aromatic carbocycles. The van der Waals surface area contributed by atoms with Gasteiger partial charge in [-0.3, -0.25) is 0 Å². The summed E-state index contributed by atoms with van der Waals surface area (Å²) >= 11 is 1.45. The van der Waals surface area contributed by atoms with E-state index in [1.54, 1.807) is 0 Å². The van der Waals surface area contributed by atoms with Crippen molar-refractivity contribution < 1.29 is 13.2 Å². The van der Waals surface area contributed by atoms with Gasteiger partial charge in [-0.05, 0) is 19.1 Å². The molecule has 0 radical (unpaired) electrons. The Balaban J connectivity index is 2.45. The summed E-state index contributed by atoms with van der Waals surface area (Å²) in [7, 11) is -3.28. The van der Waals surface area contributed by atoms with Gasteiger partial charge in [0.05, 0.1) is 23.8 Å². The fraction of sp³-hybridized carbons (Fsp3) is 0.500. The maximum Gasteiger partial charge on any atom is 0.214 e. The Morgan fingerprint density at radius 2 is 2.26 bits per heavy atom. The first-order valence-electron chi connectivity index (χ1n) is 5.90. The first-order chi connectivity index (χ1) is 9.07. The molecule has 1 heterocycles. The van der Waals surface area contributed by atoms with Crippen molar-refractivity contribution in [3.63, 3.8) is 0 Å². The fourth-order valence-electron chi connectivity index (χ4n) is 1.24. The van der Waals surface area contributed by atoms with Crippen molar-refractivity contribution in [1.29, 1.82) is 0 Å². The van der Waals surface area contributed by atoms with Crippen molar-refractivity contribution in [3.05, 3.63) is 21.9 Å². The van der Waals surface area contributed by atoms with E-state index in [4.69, 9.17) is 10.5 Å². The third-order valence-electron chi connectivity index (χ3n) is 2.14. The Morgan fingerprint density at radius 3 is 2.95 bits per heavy atom. The monoisotopic (exact) mass is 302 g/mol. The predicted molar refractivity (Wildman–Crippen MR) is 77.4 cm³/mol. The molecule has 3 N–H and O–H groups in total. The van der Waals surface area contributed by atoms with E-state index in [0.29, 0.717) is 13.2 Å². The van der Waals surface area contributed by atoms with E-state index in [1.165, 1.54) is 11.3 Å². The summed E-state index contributed by atoms with van der Waals surface area (Å²) in [6, 6.07) is 3.72. The van der Waals surface area contributed by atoms with Crippen molar-refractivity contribution in [2.24, 2.45) is 5.73 Å². The molecule has 0 atom stereocenters. The predicted octanol–water partition coefficient (Wildman–Crippen LogP) is 0.514. The van der Waals surface area contributed by atoms with Crippen LogP contribution in [0.5, 0.6) is 0 Å². The SMILES string of the molecule is CCOCCS(=O)(=O)NCc1ccc(C#CCN)s1. The van der Waals surface area contributed by atoms with Crippen molar-refractivity contribution in [2.75, 3.05) is 25.5 Å². The third kappa shape index (κ3) is 6.71. The molecule has 0 bridgehead atoms. The second-order valence-corrected chi connectivity index (χ2v) is 6.70. The number of sulfonamides is 1. The van der Waals surface area contributed by atoms with Gasteiger partial charge in [0, 0.05) is 18.0 Å². The standard InChI is InChI=1S/C12H18N2O3S2/c1-2-17-8-9-19(15,16)14-10-12-6-5-11(18-12)4-3-7-13/h5-6,14H,2,7-10,13H2,1H3. The summed E-state index contributed by atoms with van der Waals surface area (Å²) in [6.45, 7) is 3.16. The van der Waals surface area contributed by atoms with Crippen LogP contribution < -0.4 is 10.5 Å². The van der Waals surface area contributed by atoms with Crippen molar-refractivity contribution >= 4 is 21.4 Å². The zero-order valence-electron chi connectivity index (χ0n) is 10.8. The molecule has 1 aromatic rings. The molecule has 0 amide bonds. The van der Waals surface area contributed by atoms with Gasteiger partial charge in [0.15, 0.2) is 0 Å². The quantitative estimate of drug-likeness (QED) is 0.568. The Bertz CT molecular complexity index is 541. The first kappa shape index (κ1) is 16.1. The average molecular weight is 302 g/mol. The van der Waals surface area contributed by atoms with Crippen molar-refractivity contribution in [2.45, 2.75) is 13.5 Å². The lowest BCUT2D eigenvalue weighted by Crippen LogP contribution is -2.27. The second kappa shape index (κ2) is 8.30. The van der Waals surface area contributed by atoms with E-state index >= 15 is 0 Å². The van der Waals surface area contributed by atoms with Gasteiger partial charge in [-0.25, -0.2) is 13.1 Å². The molecule has 7 heteroatoms. The van der Waals surface area contributed by atoms with Crippen LogP contribution in [0.4, 0.5) is 0 Å². The number of rotatable bonds is 7. The lowest BCUT2D eigenvalue weighted by molar-refractivity contribution is 0.163. The van der Waals surface area contributed by atoms with Gasteiger partial charge in [0.1, 0.15) is 0 Å². The van der Waals surface area contributed by atoms with Crippen LogP contribution in [0.1, 0.15) is 16.7 Å². The highest BCUT2D eigenvalue weighted by Gasteiger charge is 2.10. The normalized spacial score (nSPS) is 11.1. The number of thiophene rings is 1. The minimum atomic E-state index is -3.28. The molecule has 0 aliphatic carbocycles. The maximum atomic E-state index is 11.6. The average Bonchev–Trinajstić information content (AvgIpc) is 2.82. The second-order valence-electron chi connectivity index (χ2n) is 3.61. The summed E-state index contributed by atoms with van der Waals surface area (Å²) in [5.41, 5.74) is 5.28. The van der Waals surface area contributed by atoms with Gasteiger partial charge in [-0.15, -0.1) is 11.3 Å². The van der Waals surface area contributed by atoms with Gasteiger partial charge in [-0.2, -0.15) is 0 Å². The van der Waals surface area contributed by atoms with Gasteiger partial charge in [0.25, 0.3) is 0 Å². The minimum Gasteiger partial charge on any atom is -0.381 e. The van der Waals surface area contributed by atoms with Gasteiger partial charge in [-0.1, -0.05) is 11.8 Å². The van der Waals surface area contributed by atoms with Crippen molar-refractivity contribution in [3.8, 4) is 11.8 Å². The van der Waals surface area contributed by atoms with Gasteiger partial charge in [0.2, 0.25) is 10.0 Å². The zero-order chi connectivity index (χ0) is 14.1. The van der Waals surface area contributed by atoms with E-state index in [9.17, 15) is 8.42 Å². The fourth-order valence-corrected chi connectivity index (χ4v) is 3.02. The van der Waals surface area contributed by atoms with Crippen LogP contribution in [-0.4, -0.2) is 33.9 Å². The van der Waals surface area contributed by atoms with Crippen LogP contribution in [0.3, 0.4) is 0 Å². The summed E-state index contributed by atoms with van der Waals surface area (Å²) in [6.07, 6.45) is 0. The highest BCUT2D eigenvalue weighted by Crippen LogP contribution is 2.15. The summed E-state index contributed by atoms with van der Waals surface area (Å²) in [5, 5.41) is 0. The number of nitrogens with two attached hydrogens (primary N) is 1. The van der Waals surface area contributed by atoms with Gasteiger partial charge < -0.3 is 10.5 Å². The molecule has 5 nitrogen and oxygen atoms in total. The van der Waals surface area contributed by atoms with E-state index in [0.717, 1.165) is 9.75 Å². The third-order valence-corrected chi connectivity index (χ3v) is 4.43. The van der Waals surface area contributed by atoms with Crippen molar-refractivity contribution in [1.82, 2.24) is 4.72 Å². The van der Waals surface area contributed by atoms with Crippen LogP contribution in [0, 0.1) is 11.8 Å². The molecule has 19 heavy (non-hydrogen) atoms. The molecule has 0 saturated heterocycles. The molecule has 0 fully saturated rings. The molecular formula is C12H18N2O3S2. The largest absolute Gasteiger partial charge is 0.381 e. The molecule has 1 aromatic heterocycles. The topological polar surface area (TPSA) is 81.4 Å². The molecule has 1 rings (SSSR count). The molecule has 0 spiro atoms. The number of nitrogens with one attached hydrogen (secondary N) is 1. The van der Waals surface area contributed by atoms with Gasteiger partial charge >= 0.3 is 0 Å². The Kier molecular flexibility index (Phi) is 7.05. The molecule has 0 unspecified atom stereocenters. The molecule has 0 aliphatic rings. The summed E-state index contributed by atoms with van der Waals surface area (Å²) < 4.78 is 30.8. The molecule has 0 saturated carbocycles. The van der Waals surface area contributed by atoms with Crippen LogP contribution in [0.15, 0.2) is 12.1 Å². The van der Waals surface area contributed by atoms with E-state index in [1.807, 2.05) is 19.1 Å². The Hall–Kier alpha value is -0.910. The lowest BCUT2D eigenvalue weighted by Gasteiger charge is -2.05. The highest BCUT2D eigenvalue weighted by molar-refractivity contribution is 7.89. The zero-order valence-corrected chi connectivity index (χ0v) is 12.4. The number of ether oxygens (including phenoxy) is 1. The maximum absolute atomic E-state index is 11.6. The Morgan fingerprint density at radius 1 is 1.47 bits per heavy atom. The number of hydrogen-bond acceptors (Lipinski definition) is 5. The van der Waals surface area contributed by atoms with E-state index in [2.05, 4.69) is 16.6 Å². The smallest absolute Gasteiger partial charge is 0.214 e. The molecule has 0 aliphatic heterocycles. The minimum absolute atomic E-state index is 0.0218. The lowest BCUT2D eigenvalue weighted by atomic mass is 10.4.